The van der Waals surface area contributed by atoms with Crippen molar-refractivity contribution in [1.82, 2.24) is 0 Å². The Morgan fingerprint density at radius 2 is 1.96 bits per heavy atom. The van der Waals surface area contributed by atoms with E-state index in [-0.39, 0.29) is 5.91 Å². The molecule has 0 spiro atoms. The maximum absolute atomic E-state index is 12.6. The summed E-state index contributed by atoms with van der Waals surface area (Å²) in [6.07, 6.45) is 0.959. The number of carbonyl (C=O) groups excluding carboxylic acids is 1. The van der Waals surface area contributed by atoms with Gasteiger partial charge >= 0.3 is 0 Å². The average molecular weight is 386 g/mol. The average Bonchev–Trinajstić information content (AvgIpc) is 2.64. The Labute approximate surface area is 168 Å². The zero-order chi connectivity index (χ0) is 20.7. The highest BCUT2D eigenvalue weighted by molar-refractivity contribution is 5.92. The lowest BCUT2D eigenvalue weighted by Crippen LogP contribution is -3.11. The fourth-order valence-electron chi connectivity index (χ4n) is 3.55. The van der Waals surface area contributed by atoms with Gasteiger partial charge in [0.1, 0.15) is 18.0 Å². The van der Waals surface area contributed by atoms with Crippen LogP contribution in [0.2, 0.25) is 0 Å². The largest absolute Gasteiger partial charge is 0.507 e. The molecule has 3 N–H and O–H groups in total. The number of nitrogens with one attached hydrogen (secondary N) is 2. The van der Waals surface area contributed by atoms with Crippen molar-refractivity contribution in [2.45, 2.75) is 46.6 Å². The second-order valence-electron chi connectivity index (χ2n) is 7.59. The number of aryl methyl sites for hydroxylation is 1. The molecule has 0 aliphatic carbocycles. The zero-order valence-electron chi connectivity index (χ0n) is 17.6. The van der Waals surface area contributed by atoms with Gasteiger partial charge in [-0.2, -0.15) is 0 Å². The number of methoxy groups -OCH3 is 1. The molecule has 1 unspecified atom stereocenters. The summed E-state index contributed by atoms with van der Waals surface area (Å²) in [5, 5.41) is 13.4. The van der Waals surface area contributed by atoms with Crippen molar-refractivity contribution in [1.29, 1.82) is 0 Å². The minimum absolute atomic E-state index is 0.0661. The standard InChI is InChI=1S/C23H32N2O3/c1-6-11-25(14-18-13-19(16(2)3)17(4)12-21(18)26)15-23(27)24-20-9-7-8-10-22(20)28-5/h7-10,12-13,16,26H,6,11,14-15H2,1-5H3,(H,24,27)/p+1. The molecule has 2 aromatic carbocycles. The minimum Gasteiger partial charge on any atom is -0.507 e. The number of anilines is 1. The lowest BCUT2D eigenvalue weighted by Gasteiger charge is -2.21. The molecule has 0 bridgehead atoms. The van der Waals surface area contributed by atoms with Crippen molar-refractivity contribution in [2.24, 2.45) is 0 Å². The summed E-state index contributed by atoms with van der Waals surface area (Å²) >= 11 is 0. The van der Waals surface area contributed by atoms with Crippen molar-refractivity contribution in [3.05, 3.63) is 53.1 Å². The first-order chi connectivity index (χ1) is 13.3. The van der Waals surface area contributed by atoms with Gasteiger partial charge in [-0.25, -0.2) is 0 Å². The van der Waals surface area contributed by atoms with E-state index < -0.39 is 0 Å². The van der Waals surface area contributed by atoms with E-state index in [1.807, 2.05) is 37.3 Å². The van der Waals surface area contributed by atoms with Crippen molar-refractivity contribution in [2.75, 3.05) is 25.5 Å². The third kappa shape index (κ3) is 5.73. The molecule has 5 heteroatoms. The summed E-state index contributed by atoms with van der Waals surface area (Å²) in [6.45, 7) is 10.2. The number of amides is 1. The molecule has 2 aromatic rings. The maximum atomic E-state index is 12.6. The topological polar surface area (TPSA) is 63.0 Å². The summed E-state index contributed by atoms with van der Waals surface area (Å²) in [5.41, 5.74) is 3.90. The molecular weight excluding hydrogens is 352 g/mol. The molecule has 28 heavy (non-hydrogen) atoms. The summed E-state index contributed by atoms with van der Waals surface area (Å²) in [4.78, 5) is 13.7. The van der Waals surface area contributed by atoms with E-state index in [1.165, 1.54) is 5.56 Å². The number of quaternary nitrogens is 1. The number of ether oxygens (including phenoxy) is 1. The van der Waals surface area contributed by atoms with Gasteiger partial charge in [0.05, 0.1) is 19.3 Å². The first kappa shape index (κ1) is 21.8. The number of benzene rings is 2. The van der Waals surface area contributed by atoms with Crippen molar-refractivity contribution < 1.29 is 19.5 Å². The number of hydrogen-bond acceptors (Lipinski definition) is 3. The van der Waals surface area contributed by atoms with E-state index in [9.17, 15) is 9.90 Å². The molecule has 1 atom stereocenters. The molecule has 0 saturated heterocycles. The van der Waals surface area contributed by atoms with Crippen LogP contribution < -0.4 is 15.0 Å². The molecule has 2 rings (SSSR count). The predicted octanol–water partition coefficient (Wildman–Crippen LogP) is 3.27. The van der Waals surface area contributed by atoms with Crippen LogP contribution in [0, 0.1) is 6.92 Å². The van der Waals surface area contributed by atoms with Crippen molar-refractivity contribution in [3.8, 4) is 11.5 Å². The smallest absolute Gasteiger partial charge is 0.279 e. The Kier molecular flexibility index (Phi) is 7.88. The second kappa shape index (κ2) is 10.1. The van der Waals surface area contributed by atoms with Gasteiger partial charge in [0.25, 0.3) is 5.91 Å². The van der Waals surface area contributed by atoms with Crippen LogP contribution in [0.15, 0.2) is 36.4 Å². The first-order valence-electron chi connectivity index (χ1n) is 9.94. The van der Waals surface area contributed by atoms with Crippen LogP contribution in [0.3, 0.4) is 0 Å². The van der Waals surface area contributed by atoms with Gasteiger partial charge in [-0.1, -0.05) is 32.9 Å². The summed E-state index contributed by atoms with van der Waals surface area (Å²) in [7, 11) is 1.59. The Balaban J connectivity index is 2.13. The van der Waals surface area contributed by atoms with E-state index in [0.717, 1.165) is 29.0 Å². The molecule has 0 fully saturated rings. The number of phenolic OH excluding ortho intramolecular Hbond substituents is 1. The van der Waals surface area contributed by atoms with Crippen LogP contribution in [0.4, 0.5) is 5.69 Å². The lowest BCUT2D eigenvalue weighted by molar-refractivity contribution is -0.905. The van der Waals surface area contributed by atoms with E-state index in [4.69, 9.17) is 4.74 Å². The van der Waals surface area contributed by atoms with Gasteiger partial charge in [0, 0.05) is 5.56 Å². The maximum Gasteiger partial charge on any atom is 0.279 e. The summed E-state index contributed by atoms with van der Waals surface area (Å²) in [5.74, 6) is 1.28. The summed E-state index contributed by atoms with van der Waals surface area (Å²) < 4.78 is 5.30. The minimum atomic E-state index is -0.0661. The third-order valence-electron chi connectivity index (χ3n) is 4.92. The van der Waals surface area contributed by atoms with Crippen molar-refractivity contribution in [3.63, 3.8) is 0 Å². The predicted molar refractivity (Wildman–Crippen MR) is 113 cm³/mol. The quantitative estimate of drug-likeness (QED) is 0.621. The molecule has 0 aliphatic rings. The third-order valence-corrected chi connectivity index (χ3v) is 4.92. The fraction of sp³-hybridized carbons (Fsp3) is 0.435. The van der Waals surface area contributed by atoms with Crippen LogP contribution >= 0.6 is 0 Å². The Bertz CT molecular complexity index is 802. The van der Waals surface area contributed by atoms with E-state index in [0.29, 0.717) is 36.2 Å². The normalized spacial score (nSPS) is 12.1. The van der Waals surface area contributed by atoms with Gasteiger partial charge in [0.15, 0.2) is 6.54 Å². The van der Waals surface area contributed by atoms with Gasteiger partial charge < -0.3 is 20.1 Å². The number of rotatable bonds is 9. The van der Waals surface area contributed by atoms with Crippen LogP contribution in [0.25, 0.3) is 0 Å². The first-order valence-corrected chi connectivity index (χ1v) is 9.94. The molecule has 0 heterocycles. The number of para-hydroxylation sites is 2. The number of hydrogen-bond donors (Lipinski definition) is 3. The molecule has 0 radical (unpaired) electrons. The highest BCUT2D eigenvalue weighted by Crippen LogP contribution is 2.27. The number of phenols is 1. The summed E-state index contributed by atoms with van der Waals surface area (Å²) in [6, 6.07) is 11.3. The Morgan fingerprint density at radius 1 is 1.25 bits per heavy atom. The second-order valence-corrected chi connectivity index (χ2v) is 7.59. The molecule has 1 amide bonds. The zero-order valence-corrected chi connectivity index (χ0v) is 17.6. The lowest BCUT2D eigenvalue weighted by atomic mass is 9.95. The Morgan fingerprint density at radius 3 is 2.61 bits per heavy atom. The van der Waals surface area contributed by atoms with Crippen LogP contribution in [-0.2, 0) is 11.3 Å². The van der Waals surface area contributed by atoms with Crippen molar-refractivity contribution >= 4 is 11.6 Å². The van der Waals surface area contributed by atoms with Gasteiger partial charge in [-0.05, 0) is 54.7 Å². The molecule has 0 saturated carbocycles. The Hall–Kier alpha value is -2.53. The van der Waals surface area contributed by atoms with Gasteiger partial charge in [-0.3, -0.25) is 4.79 Å². The van der Waals surface area contributed by atoms with Crippen LogP contribution in [-0.4, -0.2) is 31.2 Å². The fourth-order valence-corrected chi connectivity index (χ4v) is 3.55. The SMILES string of the molecule is CCC[NH+](CC(=O)Nc1ccccc1OC)Cc1cc(C(C)C)c(C)cc1O. The molecule has 0 aliphatic heterocycles. The van der Waals surface area contributed by atoms with E-state index in [1.54, 1.807) is 7.11 Å². The van der Waals surface area contributed by atoms with E-state index >= 15 is 0 Å². The van der Waals surface area contributed by atoms with Gasteiger partial charge in [-0.15, -0.1) is 0 Å². The molecular formula is C23H33N2O3+. The van der Waals surface area contributed by atoms with Crippen LogP contribution in [0.5, 0.6) is 11.5 Å². The molecule has 152 valence electrons. The van der Waals surface area contributed by atoms with E-state index in [2.05, 4.69) is 32.2 Å². The number of aromatic hydroxyl groups is 1. The molecule has 0 aromatic heterocycles. The molecule has 5 nitrogen and oxygen atoms in total. The highest BCUT2D eigenvalue weighted by atomic mass is 16.5. The highest BCUT2D eigenvalue weighted by Gasteiger charge is 2.19. The van der Waals surface area contributed by atoms with Crippen LogP contribution in [0.1, 0.15) is 49.8 Å². The number of carbonyl (C=O) groups is 1. The van der Waals surface area contributed by atoms with Gasteiger partial charge in [0.2, 0.25) is 0 Å². The monoisotopic (exact) mass is 385 g/mol.